The number of rotatable bonds is 3. The Morgan fingerprint density at radius 3 is 2.44 bits per heavy atom. The summed E-state index contributed by atoms with van der Waals surface area (Å²) in [5.74, 6) is -2.02. The third-order valence-corrected chi connectivity index (χ3v) is 5.48. The molecule has 0 bridgehead atoms. The number of carbonyl (C=O) groups is 2. The highest BCUT2D eigenvalue weighted by Crippen LogP contribution is 2.38. The molecule has 2 aromatic rings. The minimum Gasteiger partial charge on any atom is -0.481 e. The molecule has 4 nitrogen and oxygen atoms in total. The van der Waals surface area contributed by atoms with Gasteiger partial charge in [-0.1, -0.05) is 43.2 Å². The van der Waals surface area contributed by atoms with E-state index in [1.54, 1.807) is 0 Å². The Bertz CT molecular complexity index is 843. The van der Waals surface area contributed by atoms with Gasteiger partial charge in [0.25, 0.3) is 0 Å². The summed E-state index contributed by atoms with van der Waals surface area (Å²) < 4.78 is 0. The quantitative estimate of drug-likeness (QED) is 0.758. The average molecular weight is 335 g/mol. The van der Waals surface area contributed by atoms with Crippen molar-refractivity contribution in [2.45, 2.75) is 32.1 Å². The standard InChI is InChI=1S/C21H21NO3/c23-20(18-7-3-4-8-19(18)21(24)25)22-15-9-10-17-14(12-15)11-13-5-1-2-6-16(13)17/h1-2,5-6,9-10,12,18-19H,3-4,7-8,11H2,(H,22,23)(H,24,25)/t18-,19+/m0/s1. The second-order valence-corrected chi connectivity index (χ2v) is 7.03. The van der Waals surface area contributed by atoms with Crippen molar-refractivity contribution in [3.63, 3.8) is 0 Å². The van der Waals surface area contributed by atoms with Crippen LogP contribution in [0.3, 0.4) is 0 Å². The van der Waals surface area contributed by atoms with E-state index in [0.717, 1.165) is 24.9 Å². The molecule has 2 N–H and O–H groups in total. The molecule has 0 unspecified atom stereocenters. The minimum absolute atomic E-state index is 0.164. The van der Waals surface area contributed by atoms with Gasteiger partial charge < -0.3 is 10.4 Å². The van der Waals surface area contributed by atoms with Gasteiger partial charge >= 0.3 is 5.97 Å². The molecule has 0 spiro atoms. The molecule has 2 aliphatic rings. The van der Waals surface area contributed by atoms with Crippen LogP contribution in [0.5, 0.6) is 0 Å². The summed E-state index contributed by atoms with van der Waals surface area (Å²) in [5, 5.41) is 12.3. The number of fused-ring (bicyclic) bond motifs is 3. The van der Waals surface area contributed by atoms with E-state index < -0.39 is 17.8 Å². The lowest BCUT2D eigenvalue weighted by molar-refractivity contribution is -0.147. The molecule has 2 aliphatic carbocycles. The maximum atomic E-state index is 12.6. The van der Waals surface area contributed by atoms with Gasteiger partial charge in [0.05, 0.1) is 11.8 Å². The van der Waals surface area contributed by atoms with Crippen LogP contribution in [0.1, 0.15) is 36.8 Å². The topological polar surface area (TPSA) is 66.4 Å². The number of carboxylic acid groups (broad SMARTS) is 1. The largest absolute Gasteiger partial charge is 0.481 e. The number of anilines is 1. The third kappa shape index (κ3) is 2.93. The number of hydrogen-bond acceptors (Lipinski definition) is 2. The summed E-state index contributed by atoms with van der Waals surface area (Å²) in [6.45, 7) is 0. The van der Waals surface area contributed by atoms with Gasteiger partial charge in [0, 0.05) is 5.69 Å². The van der Waals surface area contributed by atoms with E-state index in [4.69, 9.17) is 0 Å². The fourth-order valence-corrected chi connectivity index (χ4v) is 4.20. The van der Waals surface area contributed by atoms with Crippen LogP contribution in [-0.4, -0.2) is 17.0 Å². The molecule has 2 aromatic carbocycles. The van der Waals surface area contributed by atoms with E-state index in [2.05, 4.69) is 17.4 Å². The number of amides is 1. The molecule has 0 aliphatic heterocycles. The van der Waals surface area contributed by atoms with E-state index in [-0.39, 0.29) is 5.91 Å². The molecular formula is C21H21NO3. The van der Waals surface area contributed by atoms with Gasteiger partial charge in [-0.25, -0.2) is 0 Å². The first-order valence-electron chi connectivity index (χ1n) is 8.88. The second kappa shape index (κ2) is 6.36. The molecule has 128 valence electrons. The Hall–Kier alpha value is -2.62. The Morgan fingerprint density at radius 2 is 1.64 bits per heavy atom. The first kappa shape index (κ1) is 15.9. The van der Waals surface area contributed by atoms with Crippen molar-refractivity contribution in [2.75, 3.05) is 5.32 Å². The van der Waals surface area contributed by atoms with Crippen LogP contribution in [0.4, 0.5) is 5.69 Å². The zero-order valence-corrected chi connectivity index (χ0v) is 14.0. The second-order valence-electron chi connectivity index (χ2n) is 7.03. The van der Waals surface area contributed by atoms with Crippen molar-refractivity contribution in [1.29, 1.82) is 0 Å². The van der Waals surface area contributed by atoms with Crippen molar-refractivity contribution in [3.05, 3.63) is 53.6 Å². The highest BCUT2D eigenvalue weighted by atomic mass is 16.4. The molecule has 2 atom stereocenters. The summed E-state index contributed by atoms with van der Waals surface area (Å²) >= 11 is 0. The van der Waals surface area contributed by atoms with Crippen LogP contribution < -0.4 is 5.32 Å². The first-order chi connectivity index (χ1) is 12.1. The van der Waals surface area contributed by atoms with Gasteiger partial charge in [0.2, 0.25) is 5.91 Å². The Kier molecular flexibility index (Phi) is 4.04. The highest BCUT2D eigenvalue weighted by Gasteiger charge is 2.35. The lowest BCUT2D eigenvalue weighted by Gasteiger charge is -2.27. The maximum Gasteiger partial charge on any atom is 0.307 e. The smallest absolute Gasteiger partial charge is 0.307 e. The minimum atomic E-state index is -0.857. The van der Waals surface area contributed by atoms with Crippen LogP contribution in [0.15, 0.2) is 42.5 Å². The highest BCUT2D eigenvalue weighted by molar-refractivity contribution is 5.95. The number of hydrogen-bond donors (Lipinski definition) is 2. The van der Waals surface area contributed by atoms with E-state index in [1.807, 2.05) is 30.3 Å². The maximum absolute atomic E-state index is 12.6. The van der Waals surface area contributed by atoms with Gasteiger partial charge in [0.1, 0.15) is 0 Å². The van der Waals surface area contributed by atoms with Gasteiger partial charge in [-0.3, -0.25) is 9.59 Å². The van der Waals surface area contributed by atoms with E-state index in [1.165, 1.54) is 22.3 Å². The van der Waals surface area contributed by atoms with Crippen molar-refractivity contribution < 1.29 is 14.7 Å². The number of carboxylic acids is 1. The zero-order valence-electron chi connectivity index (χ0n) is 14.0. The molecule has 1 fully saturated rings. The van der Waals surface area contributed by atoms with Gasteiger partial charge in [-0.05, 0) is 53.6 Å². The van der Waals surface area contributed by atoms with Gasteiger partial charge in [0.15, 0.2) is 0 Å². The molecule has 4 rings (SSSR count). The first-order valence-corrected chi connectivity index (χ1v) is 8.88. The van der Waals surface area contributed by atoms with Crippen molar-refractivity contribution in [1.82, 2.24) is 0 Å². The predicted molar refractivity (Wildman–Crippen MR) is 96.4 cm³/mol. The van der Waals surface area contributed by atoms with Gasteiger partial charge in [-0.15, -0.1) is 0 Å². The van der Waals surface area contributed by atoms with Crippen molar-refractivity contribution >= 4 is 17.6 Å². The monoisotopic (exact) mass is 335 g/mol. The summed E-state index contributed by atoms with van der Waals surface area (Å²) in [7, 11) is 0. The SMILES string of the molecule is O=C(Nc1ccc2c(c1)Cc1ccccc1-2)[C@H]1CCCC[C@H]1C(=O)O. The number of carbonyl (C=O) groups excluding carboxylic acids is 1. The zero-order chi connectivity index (χ0) is 17.4. The van der Waals surface area contributed by atoms with Crippen molar-refractivity contribution in [3.8, 4) is 11.1 Å². The normalized spacial score (nSPS) is 21.3. The van der Waals surface area contributed by atoms with Crippen LogP contribution in [0.2, 0.25) is 0 Å². The molecule has 0 heterocycles. The van der Waals surface area contributed by atoms with E-state index in [0.29, 0.717) is 12.8 Å². The van der Waals surface area contributed by atoms with Crippen LogP contribution >= 0.6 is 0 Å². The molecule has 4 heteroatoms. The Balaban J connectivity index is 1.53. The fraction of sp³-hybridized carbons (Fsp3) is 0.333. The molecule has 1 saturated carbocycles. The van der Waals surface area contributed by atoms with E-state index in [9.17, 15) is 14.7 Å². The number of benzene rings is 2. The Morgan fingerprint density at radius 1 is 0.920 bits per heavy atom. The van der Waals surface area contributed by atoms with Gasteiger partial charge in [-0.2, -0.15) is 0 Å². The molecule has 1 amide bonds. The van der Waals surface area contributed by atoms with Crippen LogP contribution in [-0.2, 0) is 16.0 Å². The summed E-state index contributed by atoms with van der Waals surface area (Å²) in [5.41, 5.74) is 5.74. The summed E-state index contributed by atoms with van der Waals surface area (Å²) in [6, 6.07) is 14.3. The van der Waals surface area contributed by atoms with E-state index >= 15 is 0 Å². The molecule has 0 aromatic heterocycles. The molecule has 0 saturated heterocycles. The average Bonchev–Trinajstić information content (AvgIpc) is 2.99. The fourth-order valence-electron chi connectivity index (χ4n) is 4.20. The predicted octanol–water partition coefficient (Wildman–Crippen LogP) is 4.09. The lowest BCUT2D eigenvalue weighted by atomic mass is 9.78. The number of aliphatic carboxylic acids is 1. The third-order valence-electron chi connectivity index (χ3n) is 5.48. The number of nitrogens with one attached hydrogen (secondary N) is 1. The Labute approximate surface area is 146 Å². The summed E-state index contributed by atoms with van der Waals surface area (Å²) in [6.07, 6.45) is 3.92. The van der Waals surface area contributed by atoms with Crippen LogP contribution in [0, 0.1) is 11.8 Å². The molecule has 25 heavy (non-hydrogen) atoms. The van der Waals surface area contributed by atoms with Crippen LogP contribution in [0.25, 0.3) is 11.1 Å². The van der Waals surface area contributed by atoms with Crippen molar-refractivity contribution in [2.24, 2.45) is 11.8 Å². The summed E-state index contributed by atoms with van der Waals surface area (Å²) in [4.78, 5) is 24.0. The molecular weight excluding hydrogens is 314 g/mol. The molecule has 0 radical (unpaired) electrons. The lowest BCUT2D eigenvalue weighted by Crippen LogP contribution is -2.36.